The first kappa shape index (κ1) is 17.0. The molecule has 1 aromatic heterocycles. The summed E-state index contributed by atoms with van der Waals surface area (Å²) in [7, 11) is 1.38. The molecule has 126 valence electrons. The van der Waals surface area contributed by atoms with E-state index in [1.165, 1.54) is 24.9 Å². The Hall–Kier alpha value is -3.36. The van der Waals surface area contributed by atoms with Crippen LogP contribution in [0.25, 0.3) is 5.69 Å². The first-order valence-electron chi connectivity index (χ1n) is 6.92. The average Bonchev–Trinajstić information content (AvgIpc) is 2.99. The molecule has 0 aliphatic carbocycles. The Morgan fingerprint density at radius 3 is 2.50 bits per heavy atom. The van der Waals surface area contributed by atoms with Crippen molar-refractivity contribution in [2.45, 2.75) is 13.0 Å². The van der Waals surface area contributed by atoms with E-state index in [2.05, 4.69) is 5.10 Å². The highest BCUT2D eigenvalue weighted by molar-refractivity contribution is 5.98. The van der Waals surface area contributed by atoms with Gasteiger partial charge in [0.1, 0.15) is 0 Å². The molecular formula is C15H16N4O5. The zero-order valence-corrected chi connectivity index (χ0v) is 13.1. The number of hydrogen-bond donors (Lipinski definition) is 2. The molecule has 3 N–H and O–H groups in total. The van der Waals surface area contributed by atoms with Gasteiger partial charge in [0.05, 0.1) is 19.0 Å². The Kier molecular flexibility index (Phi) is 5.15. The third-order valence-electron chi connectivity index (χ3n) is 3.01. The van der Waals surface area contributed by atoms with E-state index in [9.17, 15) is 14.4 Å². The molecule has 0 aliphatic heterocycles. The fourth-order valence-electron chi connectivity index (χ4n) is 1.85. The van der Waals surface area contributed by atoms with E-state index in [1.807, 2.05) is 23.5 Å². The highest BCUT2D eigenvalue weighted by atomic mass is 16.6. The SMILES string of the molecule is COc1cn(-c2ccccc2)nc1C(=O)O[C@H](C)C(=O)NC(N)=O. The van der Waals surface area contributed by atoms with Crippen LogP contribution in [0.1, 0.15) is 17.4 Å². The maximum atomic E-state index is 12.2. The first-order valence-corrected chi connectivity index (χ1v) is 6.92. The number of nitrogens with one attached hydrogen (secondary N) is 1. The van der Waals surface area contributed by atoms with Gasteiger partial charge in [0.25, 0.3) is 5.91 Å². The molecule has 1 aromatic carbocycles. The van der Waals surface area contributed by atoms with Crippen LogP contribution in [0.4, 0.5) is 4.79 Å². The number of aromatic nitrogens is 2. The van der Waals surface area contributed by atoms with E-state index < -0.39 is 24.0 Å². The summed E-state index contributed by atoms with van der Waals surface area (Å²) in [6, 6.07) is 8.04. The number of para-hydroxylation sites is 1. The average molecular weight is 332 g/mol. The minimum atomic E-state index is -1.23. The van der Waals surface area contributed by atoms with Gasteiger partial charge in [-0.2, -0.15) is 5.10 Å². The van der Waals surface area contributed by atoms with Gasteiger partial charge in [-0.3, -0.25) is 10.1 Å². The van der Waals surface area contributed by atoms with Crippen LogP contribution in [0, 0.1) is 0 Å². The fraction of sp³-hybridized carbons (Fsp3) is 0.200. The second kappa shape index (κ2) is 7.27. The lowest BCUT2D eigenvalue weighted by Crippen LogP contribution is -2.42. The summed E-state index contributed by atoms with van der Waals surface area (Å²) >= 11 is 0. The zero-order chi connectivity index (χ0) is 17.7. The predicted octanol–water partition coefficient (Wildman–Crippen LogP) is 0.621. The molecule has 0 saturated heterocycles. The number of imide groups is 1. The van der Waals surface area contributed by atoms with Crippen molar-refractivity contribution in [1.29, 1.82) is 0 Å². The molecule has 1 atom stereocenters. The van der Waals surface area contributed by atoms with Crippen LogP contribution in [-0.2, 0) is 9.53 Å². The Balaban J connectivity index is 2.19. The number of esters is 1. The van der Waals surface area contributed by atoms with Crippen molar-refractivity contribution < 1.29 is 23.9 Å². The number of amides is 3. The maximum Gasteiger partial charge on any atom is 0.363 e. The van der Waals surface area contributed by atoms with Crippen LogP contribution >= 0.6 is 0 Å². The van der Waals surface area contributed by atoms with Gasteiger partial charge in [0, 0.05) is 0 Å². The summed E-state index contributed by atoms with van der Waals surface area (Å²) in [6.07, 6.45) is 0.289. The van der Waals surface area contributed by atoms with Gasteiger partial charge in [-0.1, -0.05) is 18.2 Å². The number of nitrogens with zero attached hydrogens (tertiary/aromatic N) is 2. The Morgan fingerprint density at radius 1 is 1.25 bits per heavy atom. The van der Waals surface area contributed by atoms with Gasteiger partial charge in [-0.05, 0) is 19.1 Å². The van der Waals surface area contributed by atoms with Crippen LogP contribution in [0.5, 0.6) is 5.75 Å². The van der Waals surface area contributed by atoms with Gasteiger partial charge in [0.15, 0.2) is 11.9 Å². The van der Waals surface area contributed by atoms with Crippen molar-refractivity contribution in [1.82, 2.24) is 15.1 Å². The van der Waals surface area contributed by atoms with Crippen LogP contribution < -0.4 is 15.8 Å². The number of methoxy groups -OCH3 is 1. The number of primary amides is 1. The first-order chi connectivity index (χ1) is 11.4. The van der Waals surface area contributed by atoms with Crippen LogP contribution in [-0.4, -0.2) is 40.9 Å². The van der Waals surface area contributed by atoms with Gasteiger partial charge < -0.3 is 15.2 Å². The molecule has 0 aliphatic rings. The lowest BCUT2D eigenvalue weighted by Gasteiger charge is -2.11. The van der Waals surface area contributed by atoms with Crippen molar-refractivity contribution in [3.05, 3.63) is 42.2 Å². The smallest absolute Gasteiger partial charge is 0.363 e. The number of nitrogens with two attached hydrogens (primary N) is 1. The molecule has 0 radical (unpaired) electrons. The largest absolute Gasteiger partial charge is 0.493 e. The summed E-state index contributed by atoms with van der Waals surface area (Å²) in [5.74, 6) is -1.52. The number of ether oxygens (including phenoxy) is 2. The molecule has 3 amide bonds. The lowest BCUT2D eigenvalue weighted by molar-refractivity contribution is -0.127. The third kappa shape index (κ3) is 3.88. The van der Waals surface area contributed by atoms with Crippen molar-refractivity contribution in [3.8, 4) is 11.4 Å². The van der Waals surface area contributed by atoms with Crippen LogP contribution in [0.15, 0.2) is 36.5 Å². The van der Waals surface area contributed by atoms with Crippen molar-refractivity contribution in [3.63, 3.8) is 0 Å². The predicted molar refractivity (Wildman–Crippen MR) is 82.7 cm³/mol. The normalized spacial score (nSPS) is 11.4. The molecule has 0 spiro atoms. The number of carbonyl (C=O) groups excluding carboxylic acids is 3. The molecule has 2 rings (SSSR count). The molecule has 9 heteroatoms. The van der Waals surface area contributed by atoms with E-state index in [0.717, 1.165) is 5.69 Å². The second-order valence-corrected chi connectivity index (χ2v) is 4.73. The number of benzene rings is 1. The summed E-state index contributed by atoms with van der Waals surface area (Å²) in [5.41, 5.74) is 5.46. The van der Waals surface area contributed by atoms with Crippen LogP contribution in [0.3, 0.4) is 0 Å². The Bertz CT molecular complexity index is 756. The van der Waals surface area contributed by atoms with E-state index in [1.54, 1.807) is 12.1 Å². The zero-order valence-electron chi connectivity index (χ0n) is 13.1. The quantitative estimate of drug-likeness (QED) is 0.773. The maximum absolute atomic E-state index is 12.2. The molecule has 1 heterocycles. The van der Waals surface area contributed by atoms with E-state index in [4.69, 9.17) is 15.2 Å². The molecule has 0 unspecified atom stereocenters. The molecule has 2 aromatic rings. The van der Waals surface area contributed by atoms with Crippen molar-refractivity contribution >= 4 is 17.9 Å². The summed E-state index contributed by atoms with van der Waals surface area (Å²) in [5, 5.41) is 5.94. The standard InChI is InChI=1S/C15H16N4O5/c1-9(13(20)17-15(16)22)24-14(21)12-11(23-2)8-19(18-12)10-6-4-3-5-7-10/h3-9H,1-2H3,(H3,16,17,20,22)/t9-/m1/s1. The van der Waals surface area contributed by atoms with Crippen molar-refractivity contribution in [2.24, 2.45) is 5.73 Å². The van der Waals surface area contributed by atoms with Gasteiger partial charge >= 0.3 is 12.0 Å². The second-order valence-electron chi connectivity index (χ2n) is 4.73. The molecular weight excluding hydrogens is 316 g/mol. The summed E-state index contributed by atoms with van der Waals surface area (Å²) < 4.78 is 11.5. The number of urea groups is 1. The van der Waals surface area contributed by atoms with Crippen LogP contribution in [0.2, 0.25) is 0 Å². The minimum Gasteiger partial charge on any atom is -0.493 e. The molecule has 9 nitrogen and oxygen atoms in total. The van der Waals surface area contributed by atoms with Gasteiger partial charge in [0.2, 0.25) is 5.69 Å². The highest BCUT2D eigenvalue weighted by Crippen LogP contribution is 2.20. The van der Waals surface area contributed by atoms with Gasteiger partial charge in [-0.15, -0.1) is 0 Å². The number of hydrogen-bond acceptors (Lipinski definition) is 6. The Morgan fingerprint density at radius 2 is 1.92 bits per heavy atom. The van der Waals surface area contributed by atoms with Crippen molar-refractivity contribution in [2.75, 3.05) is 7.11 Å². The number of carbonyl (C=O) groups is 3. The van der Waals surface area contributed by atoms with E-state index in [0.29, 0.717) is 0 Å². The Labute approximate surface area is 137 Å². The third-order valence-corrected chi connectivity index (χ3v) is 3.01. The van der Waals surface area contributed by atoms with E-state index >= 15 is 0 Å². The fourth-order valence-corrected chi connectivity index (χ4v) is 1.85. The summed E-state index contributed by atoms with van der Waals surface area (Å²) in [6.45, 7) is 1.30. The number of rotatable bonds is 5. The van der Waals surface area contributed by atoms with Gasteiger partial charge in [-0.25, -0.2) is 14.3 Å². The lowest BCUT2D eigenvalue weighted by atomic mass is 10.3. The monoisotopic (exact) mass is 332 g/mol. The molecule has 0 fully saturated rings. The minimum absolute atomic E-state index is 0.0971. The molecule has 0 saturated carbocycles. The summed E-state index contributed by atoms with van der Waals surface area (Å²) in [4.78, 5) is 34.4. The molecule has 0 bridgehead atoms. The highest BCUT2D eigenvalue weighted by Gasteiger charge is 2.25. The topological polar surface area (TPSA) is 126 Å². The molecule has 24 heavy (non-hydrogen) atoms. The van der Waals surface area contributed by atoms with E-state index in [-0.39, 0.29) is 11.4 Å².